The highest BCUT2D eigenvalue weighted by molar-refractivity contribution is 5.45. The van der Waals surface area contributed by atoms with Crippen molar-refractivity contribution in [1.82, 2.24) is 9.97 Å². The first-order valence-electron chi connectivity index (χ1n) is 9.31. The summed E-state index contributed by atoms with van der Waals surface area (Å²) in [6.07, 6.45) is 17.3. The molecule has 0 aromatic carbocycles. The summed E-state index contributed by atoms with van der Waals surface area (Å²) in [6, 6.07) is 0. The van der Waals surface area contributed by atoms with Crippen LogP contribution in [0.25, 0.3) is 0 Å². The molecule has 0 amide bonds. The molecule has 1 aromatic rings. The van der Waals surface area contributed by atoms with E-state index in [1.54, 1.807) is 0 Å². The van der Waals surface area contributed by atoms with Crippen molar-refractivity contribution < 1.29 is 0 Å². The standard InChI is InChI=1S/C21H33N3/c1-6-17-19(22)23-14-18(24-17)16-10-8-7-9-12-20(2,3)15-21(4,5)13-11-16/h1,14,16H,7-13,15H2,2-5H3,(H2,22,23). The molecule has 1 aliphatic carbocycles. The number of hydrogen-bond acceptors (Lipinski definition) is 3. The second kappa shape index (κ2) is 7.55. The molecule has 1 heterocycles. The third kappa shape index (κ3) is 5.23. The van der Waals surface area contributed by atoms with Gasteiger partial charge < -0.3 is 5.73 Å². The summed E-state index contributed by atoms with van der Waals surface area (Å²) in [7, 11) is 0. The van der Waals surface area contributed by atoms with Crippen molar-refractivity contribution in [2.24, 2.45) is 10.8 Å². The summed E-state index contributed by atoms with van der Waals surface area (Å²) < 4.78 is 0. The van der Waals surface area contributed by atoms with E-state index in [0.717, 1.165) is 12.1 Å². The maximum atomic E-state index is 5.81. The lowest BCUT2D eigenvalue weighted by Crippen LogP contribution is -2.23. The summed E-state index contributed by atoms with van der Waals surface area (Å²) in [4.78, 5) is 8.89. The molecule has 2 N–H and O–H groups in total. The molecule has 1 saturated carbocycles. The minimum atomic E-state index is 0.349. The summed E-state index contributed by atoms with van der Waals surface area (Å²) in [6.45, 7) is 9.67. The average molecular weight is 328 g/mol. The zero-order chi connectivity index (χ0) is 17.8. The van der Waals surface area contributed by atoms with Crippen LogP contribution in [0, 0.1) is 23.2 Å². The summed E-state index contributed by atoms with van der Waals surface area (Å²) in [5.74, 6) is 3.36. The molecule has 0 aliphatic heterocycles. The van der Waals surface area contributed by atoms with E-state index in [1.807, 2.05) is 6.20 Å². The van der Waals surface area contributed by atoms with E-state index in [2.05, 4.69) is 43.6 Å². The number of nitrogens with zero attached hydrogens (tertiary/aromatic N) is 2. The zero-order valence-corrected chi connectivity index (χ0v) is 15.9. The van der Waals surface area contributed by atoms with Crippen molar-refractivity contribution in [2.75, 3.05) is 5.73 Å². The molecule has 3 nitrogen and oxygen atoms in total. The van der Waals surface area contributed by atoms with Gasteiger partial charge in [-0.1, -0.05) is 47.0 Å². The van der Waals surface area contributed by atoms with E-state index >= 15 is 0 Å². The predicted octanol–water partition coefficient (Wildman–Crippen LogP) is 5.31. The van der Waals surface area contributed by atoms with Crippen LogP contribution in [-0.4, -0.2) is 9.97 Å². The first-order chi connectivity index (χ1) is 11.2. The molecule has 1 atom stereocenters. The lowest BCUT2D eigenvalue weighted by molar-refractivity contribution is 0.165. The Balaban J connectivity index is 2.20. The van der Waals surface area contributed by atoms with Gasteiger partial charge in [-0.3, -0.25) is 0 Å². The minimum Gasteiger partial charge on any atom is -0.381 e. The topological polar surface area (TPSA) is 51.8 Å². The van der Waals surface area contributed by atoms with Gasteiger partial charge >= 0.3 is 0 Å². The Morgan fingerprint density at radius 3 is 2.50 bits per heavy atom. The SMILES string of the molecule is C#Cc1nc(C2CCCCCC(C)(C)CC(C)(C)CC2)cnc1N. The second-order valence-electron chi connectivity index (χ2n) is 9.01. The van der Waals surface area contributed by atoms with E-state index in [1.165, 1.54) is 44.9 Å². The second-order valence-corrected chi connectivity index (χ2v) is 9.01. The van der Waals surface area contributed by atoms with Crippen LogP contribution in [0.4, 0.5) is 5.82 Å². The highest BCUT2D eigenvalue weighted by atomic mass is 14.9. The Bertz CT molecular complexity index is 596. The minimum absolute atomic E-state index is 0.349. The fourth-order valence-electron chi connectivity index (χ4n) is 4.36. The number of rotatable bonds is 1. The van der Waals surface area contributed by atoms with Gasteiger partial charge in [0.15, 0.2) is 11.5 Å². The van der Waals surface area contributed by atoms with Gasteiger partial charge in [0, 0.05) is 5.92 Å². The van der Waals surface area contributed by atoms with Crippen molar-refractivity contribution in [3.63, 3.8) is 0 Å². The van der Waals surface area contributed by atoms with E-state index < -0.39 is 0 Å². The third-order valence-electron chi connectivity index (χ3n) is 5.41. The Labute approximate surface area is 147 Å². The number of aromatic nitrogens is 2. The zero-order valence-electron chi connectivity index (χ0n) is 15.9. The Hall–Kier alpha value is -1.56. The molecule has 0 saturated heterocycles. The van der Waals surface area contributed by atoms with Gasteiger partial charge in [0.1, 0.15) is 0 Å². The van der Waals surface area contributed by atoms with E-state index in [9.17, 15) is 0 Å². The van der Waals surface area contributed by atoms with Gasteiger partial charge in [0.2, 0.25) is 0 Å². The van der Waals surface area contributed by atoms with Gasteiger partial charge in [-0.05, 0) is 48.9 Å². The summed E-state index contributed by atoms with van der Waals surface area (Å²) >= 11 is 0. The highest BCUT2D eigenvalue weighted by Crippen LogP contribution is 2.43. The quantitative estimate of drug-likeness (QED) is 0.711. The van der Waals surface area contributed by atoms with Crippen molar-refractivity contribution in [2.45, 2.75) is 85.0 Å². The highest BCUT2D eigenvalue weighted by Gasteiger charge is 2.30. The largest absolute Gasteiger partial charge is 0.381 e. The molecule has 1 unspecified atom stereocenters. The normalized spacial score (nSPS) is 24.5. The Morgan fingerprint density at radius 1 is 1.08 bits per heavy atom. The van der Waals surface area contributed by atoms with Crippen LogP contribution in [0.3, 0.4) is 0 Å². The monoisotopic (exact) mass is 327 g/mol. The molecule has 0 radical (unpaired) electrons. The number of anilines is 1. The molecule has 1 fully saturated rings. The van der Waals surface area contributed by atoms with Gasteiger partial charge in [0.05, 0.1) is 11.9 Å². The van der Waals surface area contributed by atoms with Crippen molar-refractivity contribution in [3.8, 4) is 12.3 Å². The lowest BCUT2D eigenvalue weighted by Gasteiger charge is -2.35. The van der Waals surface area contributed by atoms with Crippen LogP contribution < -0.4 is 5.73 Å². The maximum Gasteiger partial charge on any atom is 0.158 e. The number of nitrogen functional groups attached to an aromatic ring is 1. The molecule has 3 heteroatoms. The molecular formula is C21H33N3. The van der Waals surface area contributed by atoms with Gasteiger partial charge in [-0.15, -0.1) is 6.42 Å². The van der Waals surface area contributed by atoms with E-state index in [4.69, 9.17) is 12.2 Å². The molecule has 0 spiro atoms. The molecule has 132 valence electrons. The third-order valence-corrected chi connectivity index (χ3v) is 5.41. The Morgan fingerprint density at radius 2 is 1.79 bits per heavy atom. The number of hydrogen-bond donors (Lipinski definition) is 1. The van der Waals surface area contributed by atoms with Gasteiger partial charge in [-0.25, -0.2) is 9.97 Å². The summed E-state index contributed by atoms with van der Waals surface area (Å²) in [5, 5.41) is 0. The van der Waals surface area contributed by atoms with Crippen molar-refractivity contribution in [1.29, 1.82) is 0 Å². The van der Waals surface area contributed by atoms with Gasteiger partial charge in [0.25, 0.3) is 0 Å². The summed E-state index contributed by atoms with van der Waals surface area (Å²) in [5.41, 5.74) is 8.10. The van der Waals surface area contributed by atoms with Crippen LogP contribution in [-0.2, 0) is 0 Å². The van der Waals surface area contributed by atoms with Crippen LogP contribution in [0.15, 0.2) is 6.20 Å². The fourth-order valence-corrected chi connectivity index (χ4v) is 4.36. The van der Waals surface area contributed by atoms with Crippen molar-refractivity contribution >= 4 is 5.82 Å². The maximum absolute atomic E-state index is 5.81. The first kappa shape index (κ1) is 18.8. The van der Waals surface area contributed by atoms with Crippen LogP contribution in [0.5, 0.6) is 0 Å². The van der Waals surface area contributed by atoms with Gasteiger partial charge in [-0.2, -0.15) is 0 Å². The first-order valence-corrected chi connectivity index (χ1v) is 9.31. The molecule has 0 bridgehead atoms. The smallest absolute Gasteiger partial charge is 0.158 e. The van der Waals surface area contributed by atoms with Crippen LogP contribution in [0.2, 0.25) is 0 Å². The van der Waals surface area contributed by atoms with E-state index in [0.29, 0.717) is 28.3 Å². The van der Waals surface area contributed by atoms with Crippen LogP contribution in [0.1, 0.15) is 96.4 Å². The number of nitrogens with two attached hydrogens (primary N) is 1. The molecule has 2 rings (SSSR count). The molecule has 24 heavy (non-hydrogen) atoms. The lowest BCUT2D eigenvalue weighted by atomic mass is 9.70. The average Bonchev–Trinajstić information content (AvgIpc) is 2.51. The van der Waals surface area contributed by atoms with E-state index in [-0.39, 0.29) is 0 Å². The van der Waals surface area contributed by atoms with Crippen molar-refractivity contribution in [3.05, 3.63) is 17.6 Å². The molecular weight excluding hydrogens is 294 g/mol. The predicted molar refractivity (Wildman–Crippen MR) is 102 cm³/mol. The Kier molecular flexibility index (Phi) is 5.91. The number of terminal acetylenes is 1. The molecule has 1 aliphatic rings. The molecule has 1 aromatic heterocycles. The fraction of sp³-hybridized carbons (Fsp3) is 0.714. The van der Waals surface area contributed by atoms with Crippen LogP contribution >= 0.6 is 0 Å².